The maximum absolute atomic E-state index is 5.03. The van der Waals surface area contributed by atoms with Gasteiger partial charge in [-0.3, -0.25) is 0 Å². The van der Waals surface area contributed by atoms with Crippen LogP contribution in [0.5, 0.6) is 0 Å². The highest BCUT2D eigenvalue weighted by atomic mass is 32.1. The number of H-pyrrole nitrogens is 2. The van der Waals surface area contributed by atoms with E-state index in [1.807, 2.05) is 0 Å². The average Bonchev–Trinajstić information content (AvgIpc) is 2.29. The van der Waals surface area contributed by atoms with Crippen LogP contribution in [0.2, 0.25) is 0 Å². The van der Waals surface area contributed by atoms with Crippen LogP contribution in [-0.4, -0.2) is 9.97 Å². The molecule has 1 aliphatic heterocycles. The number of hydrogen-bond acceptors (Lipinski definition) is 4. The van der Waals surface area contributed by atoms with Crippen molar-refractivity contribution in [2.45, 2.75) is 0 Å². The van der Waals surface area contributed by atoms with Gasteiger partial charge < -0.3 is 20.6 Å². The van der Waals surface area contributed by atoms with E-state index in [4.69, 9.17) is 24.4 Å². The Hall–Kier alpha value is -1.14. The fraction of sp³-hybridized carbons (Fsp3) is 0. The van der Waals surface area contributed by atoms with Gasteiger partial charge in [0.1, 0.15) is 22.0 Å². The van der Waals surface area contributed by atoms with Crippen LogP contribution in [0.15, 0.2) is 12.4 Å². The second-order valence-corrected chi connectivity index (χ2v) is 3.20. The largest absolute Gasteiger partial charge is 0.337 e. The number of aromatic nitrogens is 2. The van der Waals surface area contributed by atoms with E-state index >= 15 is 0 Å². The fourth-order valence-electron chi connectivity index (χ4n) is 1.03. The molecule has 0 unspecified atom stereocenters. The minimum atomic E-state index is 0.503. The molecule has 2 heterocycles. The van der Waals surface area contributed by atoms with Crippen LogP contribution in [0.3, 0.4) is 0 Å². The summed E-state index contributed by atoms with van der Waals surface area (Å²) in [7, 11) is 0. The molecule has 1 aliphatic rings. The lowest BCUT2D eigenvalue weighted by Crippen LogP contribution is -1.95. The van der Waals surface area contributed by atoms with Gasteiger partial charge in [-0.1, -0.05) is 18.8 Å². The molecular formula is C6H6N4S2. The Labute approximate surface area is 78.7 Å². The van der Waals surface area contributed by atoms with Crippen molar-refractivity contribution in [2.24, 2.45) is 0 Å². The second-order valence-electron chi connectivity index (χ2n) is 2.39. The lowest BCUT2D eigenvalue weighted by molar-refractivity contribution is 1.14. The lowest BCUT2D eigenvalue weighted by atomic mass is 10.5. The maximum Gasteiger partial charge on any atom is 0.177 e. The Morgan fingerprint density at radius 2 is 1.83 bits per heavy atom. The van der Waals surface area contributed by atoms with Crippen LogP contribution in [0, 0.1) is 9.41 Å². The maximum atomic E-state index is 5.03. The Morgan fingerprint density at radius 1 is 1.08 bits per heavy atom. The first-order chi connectivity index (χ1) is 5.66. The van der Waals surface area contributed by atoms with Crippen molar-refractivity contribution in [3.8, 4) is 0 Å². The first-order valence-corrected chi connectivity index (χ1v) is 4.08. The number of aromatic amines is 2. The molecular weight excluding hydrogens is 192 g/mol. The van der Waals surface area contributed by atoms with Gasteiger partial charge in [0, 0.05) is 0 Å². The lowest BCUT2D eigenvalue weighted by Gasteiger charge is -1.96. The molecule has 0 amide bonds. The molecule has 4 N–H and O–H groups in total. The molecule has 0 saturated carbocycles. The Bertz CT molecular complexity index is 455. The molecule has 0 bridgehead atoms. The highest BCUT2D eigenvalue weighted by Gasteiger charge is 2.13. The van der Waals surface area contributed by atoms with Crippen LogP contribution in [0.1, 0.15) is 0 Å². The molecule has 0 atom stereocenters. The van der Waals surface area contributed by atoms with E-state index < -0.39 is 0 Å². The van der Waals surface area contributed by atoms with Crippen molar-refractivity contribution < 1.29 is 0 Å². The summed E-state index contributed by atoms with van der Waals surface area (Å²) in [5.74, 6) is 1.47. The van der Waals surface area contributed by atoms with Gasteiger partial charge in [-0.05, 0) is 12.2 Å². The van der Waals surface area contributed by atoms with E-state index in [2.05, 4.69) is 27.2 Å². The van der Waals surface area contributed by atoms with Crippen LogP contribution < -0.4 is 10.6 Å². The molecule has 1 aromatic heterocycles. The van der Waals surface area contributed by atoms with Gasteiger partial charge in [0.25, 0.3) is 0 Å². The van der Waals surface area contributed by atoms with E-state index in [9.17, 15) is 0 Å². The fourth-order valence-corrected chi connectivity index (χ4v) is 1.56. The molecule has 4 nitrogen and oxygen atoms in total. The van der Waals surface area contributed by atoms with Gasteiger partial charge in [-0.25, -0.2) is 0 Å². The summed E-state index contributed by atoms with van der Waals surface area (Å²) in [6.07, 6.45) is 0. The standard InChI is InChI=1S/C6H6N4S2/c1-2-7-3-4(8-2)9-6(12)10-5(3)11/h7H,1H2,(H3,8,9,10,11,12). The minimum Gasteiger partial charge on any atom is -0.337 e. The SMILES string of the molecule is C=C1Nc2[nH]c(=S)[nH]c(=S)c2N1. The number of fused-ring (bicyclic) bond motifs is 1. The summed E-state index contributed by atoms with van der Waals surface area (Å²) in [6.45, 7) is 3.70. The van der Waals surface area contributed by atoms with Gasteiger partial charge in [0.15, 0.2) is 4.77 Å². The Kier molecular flexibility index (Phi) is 1.52. The van der Waals surface area contributed by atoms with E-state index in [0.29, 0.717) is 15.2 Å². The first kappa shape index (κ1) is 7.51. The zero-order valence-corrected chi connectivity index (χ0v) is 7.66. The number of rotatable bonds is 0. The molecule has 0 aromatic carbocycles. The monoisotopic (exact) mass is 198 g/mol. The normalized spacial score (nSPS) is 13.5. The summed E-state index contributed by atoms with van der Waals surface area (Å²) >= 11 is 9.94. The minimum absolute atomic E-state index is 0.503. The van der Waals surface area contributed by atoms with Crippen molar-refractivity contribution in [1.29, 1.82) is 0 Å². The third kappa shape index (κ3) is 1.05. The molecule has 12 heavy (non-hydrogen) atoms. The number of hydrogen-bond donors (Lipinski definition) is 4. The van der Waals surface area contributed by atoms with Crippen LogP contribution in [0.25, 0.3) is 0 Å². The summed E-state index contributed by atoms with van der Waals surface area (Å²) in [4.78, 5) is 5.74. The first-order valence-electron chi connectivity index (χ1n) is 3.26. The van der Waals surface area contributed by atoms with Gasteiger partial charge >= 0.3 is 0 Å². The van der Waals surface area contributed by atoms with Gasteiger partial charge in [-0.15, -0.1) is 0 Å². The smallest absolute Gasteiger partial charge is 0.177 e. The summed E-state index contributed by atoms with van der Waals surface area (Å²) < 4.78 is 1.09. The molecule has 0 spiro atoms. The van der Waals surface area contributed by atoms with Crippen molar-refractivity contribution >= 4 is 35.9 Å². The van der Waals surface area contributed by atoms with Gasteiger partial charge in [-0.2, -0.15) is 0 Å². The molecule has 62 valence electrons. The zero-order chi connectivity index (χ0) is 8.72. The van der Waals surface area contributed by atoms with Gasteiger partial charge in [0.05, 0.1) is 0 Å². The Morgan fingerprint density at radius 3 is 2.58 bits per heavy atom. The Balaban J connectivity index is 2.76. The van der Waals surface area contributed by atoms with E-state index in [1.54, 1.807) is 0 Å². The molecule has 0 fully saturated rings. The predicted octanol–water partition coefficient (Wildman–Crippen LogP) is 2.11. The van der Waals surface area contributed by atoms with Crippen molar-refractivity contribution in [2.75, 3.05) is 10.6 Å². The van der Waals surface area contributed by atoms with Crippen molar-refractivity contribution in [3.05, 3.63) is 21.8 Å². The van der Waals surface area contributed by atoms with Crippen LogP contribution in [-0.2, 0) is 0 Å². The molecule has 6 heteroatoms. The number of anilines is 2. The molecule has 1 aromatic rings. The highest BCUT2D eigenvalue weighted by Crippen LogP contribution is 2.27. The summed E-state index contributed by atoms with van der Waals surface area (Å²) in [5.41, 5.74) is 0.795. The predicted molar refractivity (Wildman–Crippen MR) is 53.2 cm³/mol. The van der Waals surface area contributed by atoms with E-state index in [-0.39, 0.29) is 0 Å². The van der Waals surface area contributed by atoms with Crippen LogP contribution >= 0.6 is 24.4 Å². The van der Waals surface area contributed by atoms with Crippen LogP contribution in [0.4, 0.5) is 11.5 Å². The summed E-state index contributed by atoms with van der Waals surface area (Å²) in [6, 6.07) is 0. The summed E-state index contributed by atoms with van der Waals surface area (Å²) in [5, 5.41) is 5.94. The van der Waals surface area contributed by atoms with E-state index in [1.165, 1.54) is 0 Å². The molecule has 0 aliphatic carbocycles. The topological polar surface area (TPSA) is 55.6 Å². The van der Waals surface area contributed by atoms with Gasteiger partial charge in [0.2, 0.25) is 0 Å². The zero-order valence-electron chi connectivity index (χ0n) is 6.02. The highest BCUT2D eigenvalue weighted by molar-refractivity contribution is 7.72. The average molecular weight is 198 g/mol. The molecule has 2 rings (SSSR count). The van der Waals surface area contributed by atoms with Crippen molar-refractivity contribution in [1.82, 2.24) is 9.97 Å². The third-order valence-corrected chi connectivity index (χ3v) is 2.00. The molecule has 0 saturated heterocycles. The molecule has 0 radical (unpaired) electrons. The number of nitrogens with one attached hydrogen (secondary N) is 4. The van der Waals surface area contributed by atoms with Crippen molar-refractivity contribution in [3.63, 3.8) is 0 Å². The van der Waals surface area contributed by atoms with E-state index in [0.717, 1.165) is 11.5 Å². The quantitative estimate of drug-likeness (QED) is 0.482. The second kappa shape index (κ2) is 2.43. The third-order valence-electron chi connectivity index (χ3n) is 1.49.